The number of carbonyl (C=O) groups is 2. The fraction of sp³-hybridized carbons (Fsp3) is 0.846. The second-order valence-electron chi connectivity index (χ2n) is 5.21. The standard InChI is InChI=1S/C13H23N3O4/c1-19-9-10(14)12(17)15-4-6-16(7-5-15)13(18)11-3-2-8-20-11/h10-11H,2-9,14H2,1H3. The second kappa shape index (κ2) is 7.01. The zero-order valence-corrected chi connectivity index (χ0v) is 11.9. The maximum atomic E-state index is 12.2. The van der Waals surface area contributed by atoms with Crippen LogP contribution in [-0.4, -0.2) is 80.3 Å². The van der Waals surface area contributed by atoms with Crippen molar-refractivity contribution >= 4 is 11.8 Å². The number of nitrogens with zero attached hydrogens (tertiary/aromatic N) is 2. The lowest BCUT2D eigenvalue weighted by Gasteiger charge is -2.36. The lowest BCUT2D eigenvalue weighted by atomic mass is 10.2. The van der Waals surface area contributed by atoms with E-state index in [1.165, 1.54) is 7.11 Å². The predicted molar refractivity (Wildman–Crippen MR) is 72.0 cm³/mol. The minimum absolute atomic E-state index is 0.0517. The van der Waals surface area contributed by atoms with Crippen LogP contribution in [-0.2, 0) is 19.1 Å². The number of ether oxygens (including phenoxy) is 2. The molecule has 2 aliphatic rings. The maximum Gasteiger partial charge on any atom is 0.251 e. The average Bonchev–Trinajstić information content (AvgIpc) is 3.00. The molecule has 0 spiro atoms. The molecule has 0 aromatic carbocycles. The summed E-state index contributed by atoms with van der Waals surface area (Å²) in [4.78, 5) is 27.7. The lowest BCUT2D eigenvalue weighted by Crippen LogP contribution is -2.56. The van der Waals surface area contributed by atoms with Crippen molar-refractivity contribution in [3.8, 4) is 0 Å². The van der Waals surface area contributed by atoms with Crippen LogP contribution in [0.4, 0.5) is 0 Å². The fourth-order valence-electron chi connectivity index (χ4n) is 2.61. The van der Waals surface area contributed by atoms with Crippen LogP contribution in [0.1, 0.15) is 12.8 Å². The highest BCUT2D eigenvalue weighted by molar-refractivity contribution is 5.83. The first kappa shape index (κ1) is 15.2. The van der Waals surface area contributed by atoms with Crippen LogP contribution < -0.4 is 5.73 Å². The molecule has 2 rings (SSSR count). The van der Waals surface area contributed by atoms with Gasteiger partial charge < -0.3 is 25.0 Å². The Balaban J connectivity index is 1.79. The van der Waals surface area contributed by atoms with Crippen molar-refractivity contribution in [2.75, 3.05) is 46.5 Å². The molecule has 0 aromatic rings. The van der Waals surface area contributed by atoms with E-state index in [9.17, 15) is 9.59 Å². The summed E-state index contributed by atoms with van der Waals surface area (Å²) in [6.07, 6.45) is 1.46. The van der Waals surface area contributed by atoms with E-state index in [-0.39, 0.29) is 24.5 Å². The normalized spacial score (nSPS) is 24.8. The Labute approximate surface area is 119 Å². The Morgan fingerprint density at radius 2 is 1.95 bits per heavy atom. The van der Waals surface area contributed by atoms with E-state index in [0.717, 1.165) is 12.8 Å². The van der Waals surface area contributed by atoms with Gasteiger partial charge in [-0.05, 0) is 12.8 Å². The van der Waals surface area contributed by atoms with Crippen LogP contribution in [0.2, 0.25) is 0 Å². The molecule has 0 aliphatic carbocycles. The molecule has 0 saturated carbocycles. The van der Waals surface area contributed by atoms with Gasteiger partial charge in [0.05, 0.1) is 6.61 Å². The van der Waals surface area contributed by atoms with E-state index >= 15 is 0 Å². The van der Waals surface area contributed by atoms with Crippen LogP contribution in [0.3, 0.4) is 0 Å². The Bertz CT molecular complexity index is 350. The molecule has 2 saturated heterocycles. The quantitative estimate of drug-likeness (QED) is 0.702. The molecule has 2 heterocycles. The van der Waals surface area contributed by atoms with Gasteiger partial charge in [0.15, 0.2) is 0 Å². The first-order valence-electron chi connectivity index (χ1n) is 7.07. The third-order valence-corrected chi connectivity index (χ3v) is 3.77. The Kier molecular flexibility index (Phi) is 5.33. The van der Waals surface area contributed by atoms with Gasteiger partial charge >= 0.3 is 0 Å². The summed E-state index contributed by atoms with van der Waals surface area (Å²) in [6, 6.07) is -0.625. The molecule has 2 fully saturated rings. The van der Waals surface area contributed by atoms with Gasteiger partial charge in [-0.2, -0.15) is 0 Å². The largest absolute Gasteiger partial charge is 0.383 e. The Hall–Kier alpha value is -1.18. The van der Waals surface area contributed by atoms with Crippen molar-refractivity contribution in [2.45, 2.75) is 25.0 Å². The number of rotatable bonds is 4. The number of carbonyl (C=O) groups excluding carboxylic acids is 2. The third-order valence-electron chi connectivity index (χ3n) is 3.77. The summed E-state index contributed by atoms with van der Waals surface area (Å²) in [5.41, 5.74) is 5.74. The minimum Gasteiger partial charge on any atom is -0.383 e. The van der Waals surface area contributed by atoms with Crippen molar-refractivity contribution in [1.29, 1.82) is 0 Å². The van der Waals surface area contributed by atoms with Gasteiger partial charge in [0, 0.05) is 39.9 Å². The summed E-state index contributed by atoms with van der Waals surface area (Å²) >= 11 is 0. The summed E-state index contributed by atoms with van der Waals surface area (Å²) in [7, 11) is 1.52. The van der Waals surface area contributed by atoms with Crippen molar-refractivity contribution < 1.29 is 19.1 Å². The van der Waals surface area contributed by atoms with Gasteiger partial charge in [0.25, 0.3) is 5.91 Å². The molecule has 20 heavy (non-hydrogen) atoms. The van der Waals surface area contributed by atoms with E-state index in [0.29, 0.717) is 32.8 Å². The van der Waals surface area contributed by atoms with Gasteiger partial charge in [-0.15, -0.1) is 0 Å². The first-order valence-corrected chi connectivity index (χ1v) is 7.07. The van der Waals surface area contributed by atoms with Crippen LogP contribution >= 0.6 is 0 Å². The summed E-state index contributed by atoms with van der Waals surface area (Å²) in [6.45, 7) is 3.02. The highest BCUT2D eigenvalue weighted by atomic mass is 16.5. The molecular formula is C13H23N3O4. The van der Waals surface area contributed by atoms with Crippen molar-refractivity contribution in [3.05, 3.63) is 0 Å². The topological polar surface area (TPSA) is 85.1 Å². The Morgan fingerprint density at radius 3 is 2.50 bits per heavy atom. The zero-order chi connectivity index (χ0) is 14.5. The molecule has 0 radical (unpaired) electrons. The van der Waals surface area contributed by atoms with E-state index in [4.69, 9.17) is 15.2 Å². The van der Waals surface area contributed by atoms with Crippen molar-refractivity contribution in [2.24, 2.45) is 5.73 Å². The monoisotopic (exact) mass is 285 g/mol. The highest BCUT2D eigenvalue weighted by Crippen LogP contribution is 2.16. The molecule has 7 nitrogen and oxygen atoms in total. The van der Waals surface area contributed by atoms with E-state index < -0.39 is 6.04 Å². The minimum atomic E-state index is -0.625. The predicted octanol–water partition coefficient (Wildman–Crippen LogP) is -1.19. The summed E-state index contributed by atoms with van der Waals surface area (Å²) in [5.74, 6) is -0.0631. The van der Waals surface area contributed by atoms with E-state index in [1.54, 1.807) is 9.80 Å². The molecule has 114 valence electrons. The SMILES string of the molecule is COCC(N)C(=O)N1CCN(C(=O)C2CCCO2)CC1. The molecule has 0 aromatic heterocycles. The molecule has 2 aliphatic heterocycles. The first-order chi connectivity index (χ1) is 9.63. The zero-order valence-electron chi connectivity index (χ0n) is 11.9. The van der Waals surface area contributed by atoms with Crippen molar-refractivity contribution in [3.63, 3.8) is 0 Å². The highest BCUT2D eigenvalue weighted by Gasteiger charge is 2.32. The van der Waals surface area contributed by atoms with Crippen LogP contribution in [0, 0.1) is 0 Å². The molecule has 2 unspecified atom stereocenters. The van der Waals surface area contributed by atoms with Gasteiger partial charge in [-0.25, -0.2) is 0 Å². The van der Waals surface area contributed by atoms with E-state index in [1.807, 2.05) is 0 Å². The van der Waals surface area contributed by atoms with Gasteiger partial charge in [0.1, 0.15) is 12.1 Å². The summed E-state index contributed by atoms with van der Waals surface area (Å²) in [5, 5.41) is 0. The number of amides is 2. The van der Waals surface area contributed by atoms with Gasteiger partial charge in [0.2, 0.25) is 5.91 Å². The number of hydrogen-bond donors (Lipinski definition) is 1. The molecule has 2 N–H and O–H groups in total. The number of nitrogens with two attached hydrogens (primary N) is 1. The third kappa shape index (κ3) is 3.47. The molecule has 2 amide bonds. The van der Waals surface area contributed by atoms with Crippen LogP contribution in [0.15, 0.2) is 0 Å². The summed E-state index contributed by atoms with van der Waals surface area (Å²) < 4.78 is 10.3. The van der Waals surface area contributed by atoms with Crippen LogP contribution in [0.25, 0.3) is 0 Å². The molecule has 2 atom stereocenters. The number of piperazine rings is 1. The number of hydrogen-bond acceptors (Lipinski definition) is 5. The lowest BCUT2D eigenvalue weighted by molar-refractivity contribution is -0.146. The Morgan fingerprint density at radius 1 is 1.30 bits per heavy atom. The smallest absolute Gasteiger partial charge is 0.251 e. The van der Waals surface area contributed by atoms with Gasteiger partial charge in [-0.3, -0.25) is 9.59 Å². The van der Waals surface area contributed by atoms with Crippen LogP contribution in [0.5, 0.6) is 0 Å². The number of methoxy groups -OCH3 is 1. The molecule has 7 heteroatoms. The maximum absolute atomic E-state index is 12.2. The second-order valence-corrected chi connectivity index (χ2v) is 5.21. The average molecular weight is 285 g/mol. The van der Waals surface area contributed by atoms with E-state index in [2.05, 4.69) is 0 Å². The molecule has 0 bridgehead atoms. The van der Waals surface area contributed by atoms with Gasteiger partial charge in [-0.1, -0.05) is 0 Å². The van der Waals surface area contributed by atoms with Crippen molar-refractivity contribution in [1.82, 2.24) is 9.80 Å². The molecular weight excluding hydrogens is 262 g/mol. The fourth-order valence-corrected chi connectivity index (χ4v) is 2.61.